The predicted octanol–water partition coefficient (Wildman–Crippen LogP) is 14.2. The third kappa shape index (κ3) is 5.65. The number of furan rings is 1. The van der Waals surface area contributed by atoms with Crippen LogP contribution in [0.5, 0.6) is 0 Å². The van der Waals surface area contributed by atoms with E-state index in [1.54, 1.807) is 0 Å². The summed E-state index contributed by atoms with van der Waals surface area (Å²) in [6.45, 7) is 0. The van der Waals surface area contributed by atoms with E-state index in [2.05, 4.69) is 121 Å². The van der Waals surface area contributed by atoms with E-state index < -0.39 is 0 Å². The van der Waals surface area contributed by atoms with Gasteiger partial charge in [0.05, 0.1) is 0 Å². The monoisotopic (exact) mass is 768 g/mol. The highest BCUT2D eigenvalue weighted by Crippen LogP contribution is 2.46. The van der Waals surface area contributed by atoms with Crippen LogP contribution in [0, 0.1) is 0 Å². The second kappa shape index (κ2) is 13.7. The summed E-state index contributed by atoms with van der Waals surface area (Å²) in [5, 5.41) is 6.31. The molecule has 6 nitrogen and oxygen atoms in total. The lowest BCUT2D eigenvalue weighted by atomic mass is 9.91. The zero-order valence-corrected chi connectivity index (χ0v) is 32.1. The highest BCUT2D eigenvalue weighted by Gasteiger charge is 2.24. The average Bonchev–Trinajstić information content (AvgIpc) is 3.92. The van der Waals surface area contributed by atoms with Gasteiger partial charge in [-0.2, -0.15) is 0 Å². The quantitative estimate of drug-likeness (QED) is 0.168. The number of benzene rings is 9. The summed E-state index contributed by atoms with van der Waals surface area (Å²) in [5.41, 5.74) is 10.5. The van der Waals surface area contributed by atoms with Gasteiger partial charge in [-0.1, -0.05) is 158 Å². The summed E-state index contributed by atoms with van der Waals surface area (Å²) < 4.78 is 13.5. The molecule has 0 N–H and O–H groups in total. The van der Waals surface area contributed by atoms with E-state index >= 15 is 0 Å². The maximum atomic E-state index is 6.92. The zero-order chi connectivity index (χ0) is 39.6. The average molecular weight is 769 g/mol. The minimum Gasteiger partial charge on any atom is -0.456 e. The molecular formula is C54H32N4O2. The lowest BCUT2D eigenvalue weighted by Crippen LogP contribution is -2.01. The Labute approximate surface area is 344 Å². The van der Waals surface area contributed by atoms with Crippen LogP contribution < -0.4 is 0 Å². The normalized spacial score (nSPS) is 11.7. The molecule has 0 radical (unpaired) electrons. The fourth-order valence-corrected chi connectivity index (χ4v) is 8.51. The van der Waals surface area contributed by atoms with Crippen molar-refractivity contribution in [2.45, 2.75) is 0 Å². The van der Waals surface area contributed by atoms with Crippen molar-refractivity contribution >= 4 is 54.6 Å². The Bertz CT molecular complexity index is 3610. The Balaban J connectivity index is 1.14. The van der Waals surface area contributed by atoms with Crippen molar-refractivity contribution in [2.24, 2.45) is 0 Å². The van der Waals surface area contributed by atoms with Crippen molar-refractivity contribution < 1.29 is 8.83 Å². The first-order valence-corrected chi connectivity index (χ1v) is 20.0. The van der Waals surface area contributed by atoms with E-state index in [-0.39, 0.29) is 0 Å². The molecule has 3 heterocycles. The Morgan fingerprint density at radius 2 is 0.950 bits per heavy atom. The van der Waals surface area contributed by atoms with Crippen molar-refractivity contribution in [3.63, 3.8) is 0 Å². The minimum atomic E-state index is 0.543. The van der Waals surface area contributed by atoms with E-state index in [0.29, 0.717) is 34.5 Å². The number of aromatic nitrogens is 4. The highest BCUT2D eigenvalue weighted by molar-refractivity contribution is 6.22. The van der Waals surface area contributed by atoms with Gasteiger partial charge in [-0.05, 0) is 68.6 Å². The van der Waals surface area contributed by atoms with E-state index in [1.807, 2.05) is 72.8 Å². The van der Waals surface area contributed by atoms with Crippen LogP contribution in [0.2, 0.25) is 0 Å². The largest absolute Gasteiger partial charge is 0.456 e. The van der Waals surface area contributed by atoms with Gasteiger partial charge in [-0.25, -0.2) is 19.9 Å². The molecule has 12 aromatic rings. The van der Waals surface area contributed by atoms with Crippen molar-refractivity contribution in [3.8, 4) is 67.9 Å². The zero-order valence-electron chi connectivity index (χ0n) is 32.1. The van der Waals surface area contributed by atoms with Gasteiger partial charge in [0.15, 0.2) is 23.1 Å². The fourth-order valence-electron chi connectivity index (χ4n) is 8.51. The van der Waals surface area contributed by atoms with E-state index in [0.717, 1.165) is 88.0 Å². The molecule has 3 aromatic heterocycles. The molecule has 9 aromatic carbocycles. The molecule has 0 aliphatic carbocycles. The number of para-hydroxylation sites is 1. The molecule has 0 bridgehead atoms. The van der Waals surface area contributed by atoms with Crippen molar-refractivity contribution in [1.29, 1.82) is 0 Å². The van der Waals surface area contributed by atoms with E-state index in [9.17, 15) is 0 Å². The molecule has 0 aliphatic heterocycles. The second-order valence-corrected chi connectivity index (χ2v) is 15.0. The van der Waals surface area contributed by atoms with Crippen LogP contribution >= 0.6 is 0 Å². The SMILES string of the molecule is c1ccc(-c2nc(-c3cc(-c4c5oc(-c6ccc7ccccc7c6)nc5cc5oc6ccccc6c45)c4ccccc4c3)nc(-c3ccccc3-c3ccccc3)n2)cc1. The van der Waals surface area contributed by atoms with Crippen LogP contribution in [0.15, 0.2) is 203 Å². The van der Waals surface area contributed by atoms with Gasteiger partial charge in [0.2, 0.25) is 5.89 Å². The van der Waals surface area contributed by atoms with Crippen molar-refractivity contribution in [3.05, 3.63) is 194 Å². The number of fused-ring (bicyclic) bond motifs is 6. The number of rotatable bonds is 6. The van der Waals surface area contributed by atoms with Crippen LogP contribution in [0.4, 0.5) is 0 Å². The third-order valence-corrected chi connectivity index (χ3v) is 11.3. The maximum Gasteiger partial charge on any atom is 0.227 e. The smallest absolute Gasteiger partial charge is 0.227 e. The number of oxazole rings is 1. The van der Waals surface area contributed by atoms with Gasteiger partial charge in [-0.15, -0.1) is 0 Å². The molecule has 0 unspecified atom stereocenters. The second-order valence-electron chi connectivity index (χ2n) is 15.0. The molecule has 12 rings (SSSR count). The summed E-state index contributed by atoms with van der Waals surface area (Å²) in [6, 6.07) is 66.4. The first-order chi connectivity index (χ1) is 29.7. The van der Waals surface area contributed by atoms with Gasteiger partial charge in [0, 0.05) is 44.7 Å². The van der Waals surface area contributed by atoms with Crippen LogP contribution in [0.25, 0.3) is 122 Å². The van der Waals surface area contributed by atoms with E-state index in [1.165, 1.54) is 0 Å². The van der Waals surface area contributed by atoms with Crippen LogP contribution in [-0.4, -0.2) is 19.9 Å². The van der Waals surface area contributed by atoms with Gasteiger partial charge < -0.3 is 8.83 Å². The Morgan fingerprint density at radius 1 is 0.333 bits per heavy atom. The fraction of sp³-hybridized carbons (Fsp3) is 0. The van der Waals surface area contributed by atoms with Crippen LogP contribution in [0.1, 0.15) is 0 Å². The third-order valence-electron chi connectivity index (χ3n) is 11.3. The topological polar surface area (TPSA) is 77.8 Å². The molecule has 6 heteroatoms. The first-order valence-electron chi connectivity index (χ1n) is 20.0. The maximum absolute atomic E-state index is 6.92. The standard InChI is InChI=1S/C54H32N4O2/c1-3-16-34(17-4-1)40-22-11-12-24-42(40)53-57-51(35-18-5-2-6-19-35)56-52(58-53)39-30-37-21-9-10-23-41(37)44(31-39)49-48-43-25-13-14-26-46(43)59-47(48)32-45-50(49)60-54(55-45)38-28-27-33-15-7-8-20-36(33)29-38/h1-32H. The molecular weight excluding hydrogens is 737 g/mol. The molecule has 280 valence electrons. The molecule has 0 saturated carbocycles. The molecule has 0 fully saturated rings. The van der Waals surface area contributed by atoms with Crippen molar-refractivity contribution in [1.82, 2.24) is 19.9 Å². The predicted molar refractivity (Wildman–Crippen MR) is 242 cm³/mol. The Hall–Kier alpha value is -8.22. The number of hydrogen-bond acceptors (Lipinski definition) is 6. The summed E-state index contributed by atoms with van der Waals surface area (Å²) in [7, 11) is 0. The summed E-state index contributed by atoms with van der Waals surface area (Å²) in [6.07, 6.45) is 0. The summed E-state index contributed by atoms with van der Waals surface area (Å²) >= 11 is 0. The molecule has 0 saturated heterocycles. The van der Waals surface area contributed by atoms with Gasteiger partial charge in [-0.3, -0.25) is 0 Å². The van der Waals surface area contributed by atoms with Crippen LogP contribution in [-0.2, 0) is 0 Å². The van der Waals surface area contributed by atoms with Crippen molar-refractivity contribution in [2.75, 3.05) is 0 Å². The van der Waals surface area contributed by atoms with Gasteiger partial charge in [0.1, 0.15) is 16.7 Å². The summed E-state index contributed by atoms with van der Waals surface area (Å²) in [5.74, 6) is 2.28. The van der Waals surface area contributed by atoms with Gasteiger partial charge in [0.25, 0.3) is 0 Å². The Kier molecular flexibility index (Phi) is 7.74. The number of nitrogens with zero attached hydrogens (tertiary/aromatic N) is 4. The highest BCUT2D eigenvalue weighted by atomic mass is 16.4. The molecule has 0 spiro atoms. The molecule has 60 heavy (non-hydrogen) atoms. The summed E-state index contributed by atoms with van der Waals surface area (Å²) in [4.78, 5) is 20.7. The minimum absolute atomic E-state index is 0.543. The molecule has 0 amide bonds. The van der Waals surface area contributed by atoms with E-state index in [4.69, 9.17) is 28.8 Å². The number of hydrogen-bond donors (Lipinski definition) is 0. The lowest BCUT2D eigenvalue weighted by molar-refractivity contribution is 0.621. The first kappa shape index (κ1) is 33.9. The molecule has 0 atom stereocenters. The van der Waals surface area contributed by atoms with Gasteiger partial charge >= 0.3 is 0 Å². The lowest BCUT2D eigenvalue weighted by Gasteiger charge is -2.14. The van der Waals surface area contributed by atoms with Crippen LogP contribution in [0.3, 0.4) is 0 Å². The Morgan fingerprint density at radius 3 is 1.77 bits per heavy atom. The molecule has 0 aliphatic rings.